The Kier molecular flexibility index (Phi) is 7.51. The van der Waals surface area contributed by atoms with Crippen molar-refractivity contribution in [1.82, 2.24) is 19.9 Å². The minimum absolute atomic E-state index is 0.332. The lowest BCUT2D eigenvalue weighted by molar-refractivity contribution is 0.623. The number of nitrogens with one attached hydrogen (secondary N) is 4. The first kappa shape index (κ1) is 31.2. The van der Waals surface area contributed by atoms with Crippen LogP contribution in [0.25, 0.3) is 22.3 Å². The lowest BCUT2D eigenvalue weighted by Gasteiger charge is -2.11. The van der Waals surface area contributed by atoms with Gasteiger partial charge in [-0.25, -0.2) is 17.6 Å². The number of hydrogen-bond donors (Lipinski definition) is 4. The summed E-state index contributed by atoms with van der Waals surface area (Å²) < 4.78 is 62.7. The van der Waals surface area contributed by atoms with Crippen LogP contribution in [0.2, 0.25) is 0 Å². The Hall–Kier alpha value is -6.80. The summed E-state index contributed by atoms with van der Waals surface area (Å²) in [6.45, 7) is 0. The van der Waals surface area contributed by atoms with E-state index in [1.807, 2.05) is 48.5 Å². The van der Waals surface area contributed by atoms with Crippen LogP contribution >= 0.6 is 0 Å². The predicted molar refractivity (Wildman–Crippen MR) is 194 cm³/mol. The van der Waals surface area contributed by atoms with E-state index in [0.717, 1.165) is 0 Å². The number of hydrogen-bond acceptors (Lipinski definition) is 0. The molecule has 0 amide bonds. The summed E-state index contributed by atoms with van der Waals surface area (Å²) in [6.07, 6.45) is 0. The molecule has 8 heteroatoms. The van der Waals surface area contributed by atoms with Crippen molar-refractivity contribution in [3.05, 3.63) is 235 Å². The largest absolute Gasteiger partial charge is 0.354 e. The summed E-state index contributed by atoms with van der Waals surface area (Å²) in [5.74, 6) is -1.74. The van der Waals surface area contributed by atoms with Crippen LogP contribution in [0.5, 0.6) is 0 Å². The number of halogens is 4. The van der Waals surface area contributed by atoms with E-state index in [1.165, 1.54) is 24.3 Å². The number of fused-ring (bicyclic) bond motifs is 8. The number of H-pyrrole nitrogens is 4. The number of benzene rings is 4. The van der Waals surface area contributed by atoms with E-state index in [1.54, 1.807) is 72.8 Å². The van der Waals surface area contributed by atoms with E-state index < -0.39 is 23.3 Å². The highest BCUT2D eigenvalue weighted by Gasteiger charge is 2.21. The second-order valence-corrected chi connectivity index (χ2v) is 12.6. The standard InChI is InChI=1S/C44H28F4N4/c45-29-13-5-1-9-25(29)41-33-17-19-35(49-33)42(26-10-2-6-14-30(26)46)37-21-23-39(51-37)44(28-12-4-8-16-32(28)48)40-24-22-38(52-40)43(36-20-18-34(41)50-36)27-11-3-7-15-31(27)47/h1-24,49-52H. The van der Waals surface area contributed by atoms with Crippen LogP contribution in [0.1, 0.15) is 45.0 Å². The minimum atomic E-state index is -0.435. The molecule has 0 fully saturated rings. The van der Waals surface area contributed by atoms with Crippen molar-refractivity contribution in [3.8, 4) is 0 Å². The van der Waals surface area contributed by atoms with Crippen LogP contribution in [-0.4, -0.2) is 19.9 Å². The van der Waals surface area contributed by atoms with Gasteiger partial charge in [0.25, 0.3) is 0 Å². The molecule has 4 nitrogen and oxygen atoms in total. The van der Waals surface area contributed by atoms with Gasteiger partial charge in [0.05, 0.1) is 0 Å². The average Bonchev–Trinajstić information content (AvgIpc) is 3.99. The Morgan fingerprint density at radius 1 is 0.250 bits per heavy atom. The summed E-state index contributed by atoms with van der Waals surface area (Å²) in [5, 5.41) is 2.26. The zero-order chi connectivity index (χ0) is 35.3. The summed E-state index contributed by atoms with van der Waals surface area (Å²) in [7, 11) is 0. The molecule has 0 unspecified atom stereocenters. The van der Waals surface area contributed by atoms with E-state index in [4.69, 9.17) is 0 Å². The number of aromatic amines is 4. The molecule has 1 aliphatic heterocycles. The maximum Gasteiger partial charge on any atom is 0.131 e. The zero-order valence-corrected chi connectivity index (χ0v) is 27.4. The highest BCUT2D eigenvalue weighted by Crippen LogP contribution is 2.30. The topological polar surface area (TPSA) is 63.2 Å². The highest BCUT2D eigenvalue weighted by molar-refractivity contribution is 5.85. The molecule has 5 heterocycles. The molecule has 0 saturated heterocycles. The average molecular weight is 689 g/mol. The Balaban J connectivity index is 1.47. The van der Waals surface area contributed by atoms with Crippen LogP contribution in [-0.2, 0) is 0 Å². The van der Waals surface area contributed by atoms with Crippen molar-refractivity contribution in [1.29, 1.82) is 0 Å². The lowest BCUT2D eigenvalue weighted by atomic mass is 10.0. The van der Waals surface area contributed by atoms with Gasteiger partial charge in [-0.05, 0) is 72.8 Å². The molecule has 0 radical (unpaired) electrons. The summed E-state index contributed by atoms with van der Waals surface area (Å²) >= 11 is 0. The van der Waals surface area contributed by atoms with E-state index in [0.29, 0.717) is 88.7 Å². The fourth-order valence-corrected chi connectivity index (χ4v) is 7.14. The fraction of sp³-hybridized carbons (Fsp3) is 0. The molecule has 0 spiro atoms. The van der Waals surface area contributed by atoms with Gasteiger partial charge in [-0.15, -0.1) is 0 Å². The van der Waals surface area contributed by atoms with Gasteiger partial charge in [0.2, 0.25) is 0 Å². The number of aromatic nitrogens is 4. The fourth-order valence-electron chi connectivity index (χ4n) is 7.14. The first-order chi connectivity index (χ1) is 25.4. The molecule has 1 aliphatic rings. The van der Waals surface area contributed by atoms with E-state index in [2.05, 4.69) is 19.9 Å². The van der Waals surface area contributed by atoms with Crippen molar-refractivity contribution in [3.63, 3.8) is 0 Å². The molecule has 4 N–H and O–H groups in total. The second-order valence-electron chi connectivity index (χ2n) is 12.6. The van der Waals surface area contributed by atoms with Crippen LogP contribution in [0, 0.1) is 23.3 Å². The second kappa shape index (κ2) is 12.5. The number of rotatable bonds is 4. The SMILES string of the molecule is Fc1ccccc1C1=c2ccc([nH]2)=C(c2ccccc2F)c2ccc([nH]2)C(c2ccccc2F)=c2ccc([nH]2)=C(c2ccccc2F)c2ccc1[nH]2. The third kappa shape index (κ3) is 5.24. The van der Waals surface area contributed by atoms with Gasteiger partial charge in [0.15, 0.2) is 0 Å². The van der Waals surface area contributed by atoms with Gasteiger partial charge in [-0.2, -0.15) is 0 Å². The van der Waals surface area contributed by atoms with Crippen LogP contribution < -0.4 is 21.4 Å². The first-order valence-corrected chi connectivity index (χ1v) is 16.7. The van der Waals surface area contributed by atoms with Crippen molar-refractivity contribution < 1.29 is 17.6 Å². The maximum absolute atomic E-state index is 15.7. The van der Waals surface area contributed by atoms with Gasteiger partial charge in [0.1, 0.15) is 23.3 Å². The molecule has 252 valence electrons. The van der Waals surface area contributed by atoms with Crippen molar-refractivity contribution in [2.45, 2.75) is 0 Å². The Bertz CT molecular complexity index is 2530. The molecular formula is C44H28F4N4. The first-order valence-electron chi connectivity index (χ1n) is 16.7. The quantitative estimate of drug-likeness (QED) is 0.146. The van der Waals surface area contributed by atoms with Crippen molar-refractivity contribution in [2.75, 3.05) is 0 Å². The molecule has 8 bridgehead atoms. The molecule has 9 rings (SSSR count). The molecule has 4 aromatic carbocycles. The maximum atomic E-state index is 15.7. The van der Waals surface area contributed by atoms with Gasteiger partial charge in [-0.3, -0.25) is 0 Å². The van der Waals surface area contributed by atoms with Crippen molar-refractivity contribution in [2.24, 2.45) is 0 Å². The van der Waals surface area contributed by atoms with E-state index in [9.17, 15) is 0 Å². The third-order valence-electron chi connectivity index (χ3n) is 9.47. The molecule has 0 saturated carbocycles. The van der Waals surface area contributed by atoms with Gasteiger partial charge >= 0.3 is 0 Å². The Morgan fingerprint density at radius 2 is 0.481 bits per heavy atom. The molecule has 52 heavy (non-hydrogen) atoms. The highest BCUT2D eigenvalue weighted by atomic mass is 19.1. The molecule has 4 aromatic heterocycles. The van der Waals surface area contributed by atoms with Crippen LogP contribution in [0.3, 0.4) is 0 Å². The Morgan fingerprint density at radius 3 is 0.712 bits per heavy atom. The van der Waals surface area contributed by atoms with Crippen molar-refractivity contribution >= 4 is 22.3 Å². The van der Waals surface area contributed by atoms with Gasteiger partial charge in [-0.1, -0.05) is 72.8 Å². The van der Waals surface area contributed by atoms with E-state index >= 15 is 17.6 Å². The van der Waals surface area contributed by atoms with Crippen LogP contribution in [0.15, 0.2) is 146 Å². The minimum Gasteiger partial charge on any atom is -0.354 e. The zero-order valence-electron chi connectivity index (χ0n) is 27.4. The summed E-state index contributed by atoms with van der Waals surface area (Å²) in [6, 6.07) is 40.5. The predicted octanol–water partition coefficient (Wildman–Crippen LogP) is 6.86. The summed E-state index contributed by atoms with van der Waals surface area (Å²) in [5.41, 5.74) is 5.69. The molecule has 0 atom stereocenters. The van der Waals surface area contributed by atoms with E-state index in [-0.39, 0.29) is 0 Å². The Labute approximate surface area is 294 Å². The lowest BCUT2D eigenvalue weighted by Crippen LogP contribution is -2.19. The third-order valence-corrected chi connectivity index (χ3v) is 9.47. The monoisotopic (exact) mass is 688 g/mol. The normalized spacial score (nSPS) is 12.8. The molecule has 0 aliphatic carbocycles. The molecular weight excluding hydrogens is 661 g/mol. The van der Waals surface area contributed by atoms with Gasteiger partial charge in [0, 0.05) is 88.7 Å². The smallest absolute Gasteiger partial charge is 0.131 e. The van der Waals surface area contributed by atoms with Crippen LogP contribution in [0.4, 0.5) is 17.6 Å². The summed E-state index contributed by atoms with van der Waals surface area (Å²) in [4.78, 5) is 13.8. The molecule has 8 aromatic rings. The van der Waals surface area contributed by atoms with Gasteiger partial charge < -0.3 is 19.9 Å².